The molecule has 0 unspecified atom stereocenters. The molecule has 1 heterocycles. The Labute approximate surface area is 147 Å². The molecule has 0 radical (unpaired) electrons. The average molecular weight is 437 g/mol. The number of aromatic nitrogens is 2. The molecule has 1 aromatic heterocycles. The Morgan fingerprint density at radius 3 is 2.67 bits per heavy atom. The van der Waals surface area contributed by atoms with Gasteiger partial charge in [-0.05, 0) is 52.6 Å². The minimum absolute atomic E-state index is 0.0960. The number of hydrogen-bond acceptors (Lipinski definition) is 2. The van der Waals surface area contributed by atoms with Crippen molar-refractivity contribution in [2.45, 2.75) is 26.7 Å². The number of hydrogen-bond donors (Lipinski definition) is 1. The minimum Gasteiger partial charge on any atom is -0.309 e. The van der Waals surface area contributed by atoms with Gasteiger partial charge in [0.05, 0.1) is 9.26 Å². The van der Waals surface area contributed by atoms with Crippen LogP contribution in [0.15, 0.2) is 23.0 Å². The molecule has 112 valence electrons. The first-order chi connectivity index (χ1) is 9.86. The zero-order valence-electron chi connectivity index (χ0n) is 11.7. The number of H-pyrrole nitrogens is 1. The maximum Gasteiger partial charge on any atom is 0.264 e. The van der Waals surface area contributed by atoms with E-state index in [-0.39, 0.29) is 5.56 Å². The lowest BCUT2D eigenvalue weighted by Gasteiger charge is -2.09. The summed E-state index contributed by atoms with van der Waals surface area (Å²) in [6.45, 7) is 4.21. The van der Waals surface area contributed by atoms with E-state index >= 15 is 0 Å². The van der Waals surface area contributed by atoms with Crippen LogP contribution in [0.4, 0.5) is 0 Å². The molecular formula is C15H15Cl2IN2O. The minimum atomic E-state index is -0.0960. The van der Waals surface area contributed by atoms with Crippen LogP contribution in [0.25, 0.3) is 0 Å². The molecule has 0 aliphatic rings. The molecule has 3 nitrogen and oxygen atoms in total. The van der Waals surface area contributed by atoms with Crippen LogP contribution >= 0.6 is 45.8 Å². The maximum absolute atomic E-state index is 12.0. The zero-order valence-corrected chi connectivity index (χ0v) is 15.4. The molecule has 0 aliphatic heterocycles. The monoisotopic (exact) mass is 436 g/mol. The quantitative estimate of drug-likeness (QED) is 0.718. The molecule has 0 amide bonds. The molecule has 0 aliphatic carbocycles. The molecule has 0 saturated heterocycles. The van der Waals surface area contributed by atoms with Crippen LogP contribution in [0.2, 0.25) is 10.0 Å². The number of benzene rings is 1. The molecule has 0 bridgehead atoms. The zero-order chi connectivity index (χ0) is 15.6. The van der Waals surface area contributed by atoms with Crippen LogP contribution in [-0.2, 0) is 12.8 Å². The van der Waals surface area contributed by atoms with Crippen LogP contribution < -0.4 is 5.56 Å². The van der Waals surface area contributed by atoms with Gasteiger partial charge in [0, 0.05) is 16.5 Å². The predicted molar refractivity (Wildman–Crippen MR) is 95.4 cm³/mol. The van der Waals surface area contributed by atoms with Crippen LogP contribution in [0, 0.1) is 9.49 Å². The van der Waals surface area contributed by atoms with Crippen LogP contribution in [0.5, 0.6) is 0 Å². The number of nitrogens with one attached hydrogen (secondary N) is 1. The maximum atomic E-state index is 12.0. The van der Waals surface area contributed by atoms with Gasteiger partial charge in [0.15, 0.2) is 0 Å². The van der Waals surface area contributed by atoms with E-state index in [2.05, 4.69) is 23.8 Å². The number of halogens is 3. The predicted octanol–water partition coefficient (Wildman–Crippen LogP) is 4.47. The van der Waals surface area contributed by atoms with Crippen LogP contribution in [0.3, 0.4) is 0 Å². The molecule has 6 heteroatoms. The van der Waals surface area contributed by atoms with Gasteiger partial charge in [-0.2, -0.15) is 0 Å². The topological polar surface area (TPSA) is 45.8 Å². The lowest BCUT2D eigenvalue weighted by Crippen LogP contribution is -2.19. The van der Waals surface area contributed by atoms with Crippen molar-refractivity contribution < 1.29 is 0 Å². The summed E-state index contributed by atoms with van der Waals surface area (Å²) in [5.74, 6) is 1.07. The third-order valence-electron chi connectivity index (χ3n) is 2.96. The molecular weight excluding hydrogens is 422 g/mol. The second kappa shape index (κ2) is 7.11. The highest BCUT2D eigenvalue weighted by atomic mass is 127. The van der Waals surface area contributed by atoms with Crippen molar-refractivity contribution in [1.82, 2.24) is 9.97 Å². The highest BCUT2D eigenvalue weighted by Gasteiger charge is 2.12. The second-order valence-corrected chi connectivity index (χ2v) is 7.21. The molecule has 1 N–H and O–H groups in total. The molecule has 0 atom stereocenters. The second-order valence-electron chi connectivity index (χ2n) is 5.28. The number of nitrogens with zero attached hydrogens (tertiary/aromatic N) is 1. The van der Waals surface area contributed by atoms with Crippen LogP contribution in [0.1, 0.15) is 30.9 Å². The summed E-state index contributed by atoms with van der Waals surface area (Å²) in [5.41, 5.74) is 1.64. The number of rotatable bonds is 4. The van der Waals surface area contributed by atoms with Crippen molar-refractivity contribution in [3.63, 3.8) is 0 Å². The van der Waals surface area contributed by atoms with Gasteiger partial charge in [-0.3, -0.25) is 4.79 Å². The van der Waals surface area contributed by atoms with Crippen molar-refractivity contribution in [1.29, 1.82) is 0 Å². The standard InChI is InChI=1S/C15H15Cl2IN2O/c1-8(2)5-12-14(18)15(21)20-13(19-12)6-9-3-4-10(16)7-11(9)17/h3-4,7-8H,5-6H2,1-2H3,(H,19,20,21). The van der Waals surface area contributed by atoms with Gasteiger partial charge in [-0.15, -0.1) is 0 Å². The van der Waals surface area contributed by atoms with Gasteiger partial charge in [0.2, 0.25) is 0 Å². The van der Waals surface area contributed by atoms with E-state index in [9.17, 15) is 4.79 Å². The van der Waals surface area contributed by atoms with Crippen molar-refractivity contribution in [3.05, 3.63) is 59.3 Å². The lowest BCUT2D eigenvalue weighted by atomic mass is 10.1. The summed E-state index contributed by atoms with van der Waals surface area (Å²) in [4.78, 5) is 19.4. The Bertz CT molecular complexity index is 713. The normalized spacial score (nSPS) is 11.1. The van der Waals surface area contributed by atoms with E-state index in [1.807, 2.05) is 28.7 Å². The van der Waals surface area contributed by atoms with E-state index in [0.717, 1.165) is 17.7 Å². The van der Waals surface area contributed by atoms with Gasteiger partial charge in [0.1, 0.15) is 5.82 Å². The summed E-state index contributed by atoms with van der Waals surface area (Å²) in [5, 5.41) is 1.17. The van der Waals surface area contributed by atoms with Crippen LogP contribution in [-0.4, -0.2) is 9.97 Å². The fourth-order valence-corrected chi connectivity index (χ4v) is 2.96. The highest BCUT2D eigenvalue weighted by Crippen LogP contribution is 2.22. The Morgan fingerprint density at radius 1 is 1.33 bits per heavy atom. The molecule has 0 fully saturated rings. The first kappa shape index (κ1) is 16.8. The fraction of sp³-hybridized carbons (Fsp3) is 0.333. The third-order valence-corrected chi connectivity index (χ3v) is 4.65. The molecule has 1 aromatic carbocycles. The summed E-state index contributed by atoms with van der Waals surface area (Å²) < 4.78 is 0.659. The average Bonchev–Trinajstić information content (AvgIpc) is 2.38. The summed E-state index contributed by atoms with van der Waals surface area (Å²) >= 11 is 14.1. The Balaban J connectivity index is 2.36. The van der Waals surface area contributed by atoms with Gasteiger partial charge in [-0.1, -0.05) is 43.1 Å². The van der Waals surface area contributed by atoms with Gasteiger partial charge < -0.3 is 4.98 Å². The van der Waals surface area contributed by atoms with Crippen molar-refractivity contribution in [2.75, 3.05) is 0 Å². The Morgan fingerprint density at radius 2 is 2.05 bits per heavy atom. The largest absolute Gasteiger partial charge is 0.309 e. The molecule has 2 rings (SSSR count). The first-order valence-electron chi connectivity index (χ1n) is 6.58. The van der Waals surface area contributed by atoms with Gasteiger partial charge in [-0.25, -0.2) is 4.98 Å². The van der Waals surface area contributed by atoms with Gasteiger partial charge in [0.25, 0.3) is 5.56 Å². The van der Waals surface area contributed by atoms with E-state index < -0.39 is 0 Å². The summed E-state index contributed by atoms with van der Waals surface area (Å²) in [6, 6.07) is 5.33. The SMILES string of the molecule is CC(C)Cc1nc(Cc2ccc(Cl)cc2Cl)[nH]c(=O)c1I. The molecule has 0 saturated carbocycles. The summed E-state index contributed by atoms with van der Waals surface area (Å²) in [6.07, 6.45) is 1.26. The lowest BCUT2D eigenvalue weighted by molar-refractivity contribution is 0.626. The highest BCUT2D eigenvalue weighted by molar-refractivity contribution is 14.1. The third kappa shape index (κ3) is 4.44. The molecule has 0 spiro atoms. The summed E-state index contributed by atoms with van der Waals surface area (Å²) in [7, 11) is 0. The van der Waals surface area contributed by atoms with Gasteiger partial charge >= 0.3 is 0 Å². The van der Waals surface area contributed by atoms with Crippen molar-refractivity contribution in [3.8, 4) is 0 Å². The van der Waals surface area contributed by atoms with E-state index in [4.69, 9.17) is 23.2 Å². The first-order valence-corrected chi connectivity index (χ1v) is 8.41. The van der Waals surface area contributed by atoms with Crippen molar-refractivity contribution >= 4 is 45.8 Å². The molecule has 21 heavy (non-hydrogen) atoms. The van der Waals surface area contributed by atoms with E-state index in [0.29, 0.717) is 31.8 Å². The smallest absolute Gasteiger partial charge is 0.264 e. The van der Waals surface area contributed by atoms with E-state index in [1.165, 1.54) is 0 Å². The fourth-order valence-electron chi connectivity index (χ4n) is 2.01. The van der Waals surface area contributed by atoms with E-state index in [1.54, 1.807) is 12.1 Å². The Kier molecular flexibility index (Phi) is 5.68. The number of aromatic amines is 1. The molecule has 2 aromatic rings. The Hall–Kier alpha value is -0.590. The van der Waals surface area contributed by atoms with Crippen molar-refractivity contribution in [2.24, 2.45) is 5.92 Å².